The Balaban J connectivity index is 2.23. The van der Waals surface area contributed by atoms with Gasteiger partial charge in [-0.05, 0) is 25.3 Å². The maximum Gasteiger partial charge on any atom is 0.339 e. The number of carbonyl (C=O) groups is 1. The third-order valence-electron chi connectivity index (χ3n) is 2.90. The van der Waals surface area contributed by atoms with Crippen LogP contribution in [-0.4, -0.2) is 17.2 Å². The summed E-state index contributed by atoms with van der Waals surface area (Å²) < 4.78 is 5.20. The second kappa shape index (κ2) is 4.19. The first-order valence-electron chi connectivity index (χ1n) is 5.55. The van der Waals surface area contributed by atoms with Gasteiger partial charge in [0, 0.05) is 17.6 Å². The molecule has 82 valence electrons. The largest absolute Gasteiger partial charge is 0.423 e. The summed E-state index contributed by atoms with van der Waals surface area (Å²) in [4.78, 5) is 11.5. The lowest BCUT2D eigenvalue weighted by Crippen LogP contribution is -2.15. The predicted molar refractivity (Wildman–Crippen MR) is 56.0 cm³/mol. The van der Waals surface area contributed by atoms with Crippen LogP contribution in [-0.2, 0) is 9.53 Å². The number of cyclic esters (lactones) is 1. The molecule has 3 nitrogen and oxygen atoms in total. The number of esters is 1. The molecule has 0 aromatic rings. The molecule has 1 aliphatic carbocycles. The van der Waals surface area contributed by atoms with Crippen molar-refractivity contribution in [2.45, 2.75) is 45.1 Å². The van der Waals surface area contributed by atoms with Gasteiger partial charge >= 0.3 is 5.97 Å². The van der Waals surface area contributed by atoms with Crippen LogP contribution in [0.2, 0.25) is 0 Å². The summed E-state index contributed by atoms with van der Waals surface area (Å²) in [6.07, 6.45) is 5.54. The van der Waals surface area contributed by atoms with Crippen molar-refractivity contribution in [3.8, 4) is 0 Å². The Labute approximate surface area is 89.4 Å². The Morgan fingerprint density at radius 3 is 3.07 bits per heavy atom. The summed E-state index contributed by atoms with van der Waals surface area (Å²) in [5, 5.41) is 9.47. The zero-order valence-corrected chi connectivity index (χ0v) is 8.95. The molecule has 0 aromatic carbocycles. The predicted octanol–water partition coefficient (Wildman–Crippen LogP) is 2.07. The third kappa shape index (κ3) is 1.97. The maximum absolute atomic E-state index is 11.5. The van der Waals surface area contributed by atoms with E-state index in [0.717, 1.165) is 37.0 Å². The molecule has 3 heteroatoms. The van der Waals surface area contributed by atoms with Gasteiger partial charge in [0.2, 0.25) is 0 Å². The molecule has 0 radical (unpaired) electrons. The van der Waals surface area contributed by atoms with Gasteiger partial charge in [0.1, 0.15) is 5.76 Å². The molecule has 1 heterocycles. The van der Waals surface area contributed by atoms with E-state index in [1.54, 1.807) is 0 Å². The molecule has 2 rings (SSSR count). The van der Waals surface area contributed by atoms with Crippen LogP contribution >= 0.6 is 0 Å². The Bertz CT molecular complexity index is 339. The first-order chi connectivity index (χ1) is 7.22. The molecule has 0 fully saturated rings. The fourth-order valence-corrected chi connectivity index (χ4v) is 2.06. The lowest BCUT2D eigenvalue weighted by atomic mass is 9.90. The van der Waals surface area contributed by atoms with Gasteiger partial charge in [-0.3, -0.25) is 0 Å². The van der Waals surface area contributed by atoms with Crippen molar-refractivity contribution >= 4 is 5.97 Å². The van der Waals surface area contributed by atoms with E-state index in [-0.39, 0.29) is 12.1 Å². The number of rotatable bonds is 2. The summed E-state index contributed by atoms with van der Waals surface area (Å²) in [5.74, 6) is 0.481. The van der Waals surface area contributed by atoms with E-state index in [1.165, 1.54) is 0 Å². The first-order valence-corrected chi connectivity index (χ1v) is 5.55. The second-order valence-electron chi connectivity index (χ2n) is 4.10. The SMILES string of the molecule is CCCC=C1OC(=O)C2=C1CCC(O)C2. The molecule has 1 unspecified atom stereocenters. The summed E-state index contributed by atoms with van der Waals surface area (Å²) in [7, 11) is 0. The molecular formula is C12H16O3. The van der Waals surface area contributed by atoms with Crippen molar-refractivity contribution in [3.63, 3.8) is 0 Å². The number of unbranched alkanes of at least 4 members (excludes halogenated alkanes) is 1. The molecule has 1 atom stereocenters. The van der Waals surface area contributed by atoms with E-state index in [0.29, 0.717) is 12.0 Å². The summed E-state index contributed by atoms with van der Waals surface area (Å²) in [6.45, 7) is 2.09. The van der Waals surface area contributed by atoms with Crippen molar-refractivity contribution in [2.24, 2.45) is 0 Å². The minimum absolute atomic E-state index is 0.258. The van der Waals surface area contributed by atoms with Gasteiger partial charge in [-0.2, -0.15) is 0 Å². The number of allylic oxidation sites excluding steroid dienone is 2. The van der Waals surface area contributed by atoms with Crippen LogP contribution in [0, 0.1) is 0 Å². The molecule has 0 bridgehead atoms. The van der Waals surface area contributed by atoms with E-state index in [2.05, 4.69) is 6.92 Å². The third-order valence-corrected chi connectivity index (χ3v) is 2.90. The van der Waals surface area contributed by atoms with Gasteiger partial charge in [-0.1, -0.05) is 13.3 Å². The molecule has 0 aromatic heterocycles. The normalized spacial score (nSPS) is 28.3. The molecular weight excluding hydrogens is 192 g/mol. The molecule has 0 amide bonds. The monoisotopic (exact) mass is 208 g/mol. The minimum atomic E-state index is -0.373. The average molecular weight is 208 g/mol. The Hall–Kier alpha value is -1.09. The number of aliphatic hydroxyl groups is 1. The molecule has 2 aliphatic rings. The van der Waals surface area contributed by atoms with Crippen LogP contribution in [0.15, 0.2) is 23.0 Å². The Morgan fingerprint density at radius 1 is 1.53 bits per heavy atom. The van der Waals surface area contributed by atoms with Crippen molar-refractivity contribution in [3.05, 3.63) is 23.0 Å². The topological polar surface area (TPSA) is 46.5 Å². The van der Waals surface area contributed by atoms with Crippen molar-refractivity contribution in [1.29, 1.82) is 0 Å². The average Bonchev–Trinajstić information content (AvgIpc) is 2.53. The van der Waals surface area contributed by atoms with Gasteiger partial charge in [0.25, 0.3) is 0 Å². The summed E-state index contributed by atoms with van der Waals surface area (Å²) >= 11 is 0. The van der Waals surface area contributed by atoms with Gasteiger partial charge in [0.15, 0.2) is 0 Å². The van der Waals surface area contributed by atoms with Crippen LogP contribution in [0.1, 0.15) is 39.0 Å². The van der Waals surface area contributed by atoms with Crippen LogP contribution in [0.4, 0.5) is 0 Å². The lowest BCUT2D eigenvalue weighted by Gasteiger charge is -2.16. The quantitative estimate of drug-likeness (QED) is 0.706. The van der Waals surface area contributed by atoms with Crippen molar-refractivity contribution in [2.75, 3.05) is 0 Å². The number of ether oxygens (including phenoxy) is 1. The lowest BCUT2D eigenvalue weighted by molar-refractivity contribution is -0.133. The molecule has 0 saturated heterocycles. The van der Waals surface area contributed by atoms with Crippen LogP contribution in [0.25, 0.3) is 0 Å². The number of aliphatic hydroxyl groups excluding tert-OH is 1. The van der Waals surface area contributed by atoms with Crippen LogP contribution in [0.5, 0.6) is 0 Å². The highest BCUT2D eigenvalue weighted by Crippen LogP contribution is 2.37. The van der Waals surface area contributed by atoms with Gasteiger partial charge in [-0.15, -0.1) is 0 Å². The van der Waals surface area contributed by atoms with E-state index in [4.69, 9.17) is 4.74 Å². The van der Waals surface area contributed by atoms with E-state index >= 15 is 0 Å². The van der Waals surface area contributed by atoms with Crippen LogP contribution in [0.3, 0.4) is 0 Å². The highest BCUT2D eigenvalue weighted by Gasteiger charge is 2.33. The highest BCUT2D eigenvalue weighted by molar-refractivity contribution is 5.94. The van der Waals surface area contributed by atoms with E-state index in [1.807, 2.05) is 6.08 Å². The van der Waals surface area contributed by atoms with Crippen molar-refractivity contribution in [1.82, 2.24) is 0 Å². The Morgan fingerprint density at radius 2 is 2.33 bits per heavy atom. The summed E-state index contributed by atoms with van der Waals surface area (Å²) in [6, 6.07) is 0. The first kappa shape index (κ1) is 10.4. The number of hydrogen-bond acceptors (Lipinski definition) is 3. The molecule has 15 heavy (non-hydrogen) atoms. The number of hydrogen-bond donors (Lipinski definition) is 1. The minimum Gasteiger partial charge on any atom is -0.423 e. The smallest absolute Gasteiger partial charge is 0.339 e. The fraction of sp³-hybridized carbons (Fsp3) is 0.583. The van der Waals surface area contributed by atoms with E-state index < -0.39 is 0 Å². The maximum atomic E-state index is 11.5. The zero-order valence-electron chi connectivity index (χ0n) is 8.95. The van der Waals surface area contributed by atoms with E-state index in [9.17, 15) is 9.90 Å². The fourth-order valence-electron chi connectivity index (χ4n) is 2.06. The molecule has 0 saturated carbocycles. The van der Waals surface area contributed by atoms with Gasteiger partial charge in [0.05, 0.1) is 6.10 Å². The molecule has 0 spiro atoms. The summed E-state index contributed by atoms with van der Waals surface area (Å²) in [5.41, 5.74) is 1.72. The zero-order chi connectivity index (χ0) is 10.8. The van der Waals surface area contributed by atoms with Crippen LogP contribution < -0.4 is 0 Å². The highest BCUT2D eigenvalue weighted by atomic mass is 16.5. The second-order valence-corrected chi connectivity index (χ2v) is 4.10. The Kier molecular flexibility index (Phi) is 2.91. The number of carbonyl (C=O) groups excluding carboxylic acids is 1. The molecule has 1 aliphatic heterocycles. The molecule has 1 N–H and O–H groups in total. The van der Waals surface area contributed by atoms with Crippen molar-refractivity contribution < 1.29 is 14.6 Å². The van der Waals surface area contributed by atoms with Gasteiger partial charge in [-0.25, -0.2) is 4.79 Å². The standard InChI is InChI=1S/C12H16O3/c1-2-3-4-11-9-6-5-8(13)7-10(9)12(14)15-11/h4,8,13H,2-3,5-7H2,1H3. The van der Waals surface area contributed by atoms with Gasteiger partial charge < -0.3 is 9.84 Å².